The largest absolute Gasteiger partial charge is 0.397 e. The number of fused-ring (bicyclic) bond motifs is 1. The number of nitrogens with one attached hydrogen (secondary N) is 1. The molecule has 1 fully saturated rings. The maximum absolute atomic E-state index is 12.5. The standard InChI is InChI=1S/C16H19ClN2OS/c1-9-4-2-5-10(8-9)19-16(20)15-14(18)13-11(17)6-3-7-12(13)21-15/h3,6-7,9-10H,2,4-5,8,18H2,1H3,(H,19,20). The van der Waals surface area contributed by atoms with E-state index in [0.29, 0.717) is 21.5 Å². The van der Waals surface area contributed by atoms with Gasteiger partial charge in [0.2, 0.25) is 0 Å². The molecule has 1 aromatic heterocycles. The van der Waals surface area contributed by atoms with Crippen LogP contribution < -0.4 is 11.1 Å². The van der Waals surface area contributed by atoms with E-state index in [1.807, 2.05) is 12.1 Å². The second-order valence-electron chi connectivity index (χ2n) is 5.90. The summed E-state index contributed by atoms with van der Waals surface area (Å²) < 4.78 is 0.960. The van der Waals surface area contributed by atoms with Gasteiger partial charge in [0.15, 0.2) is 0 Å². The number of amides is 1. The fourth-order valence-corrected chi connectivity index (χ4v) is 4.50. The molecule has 3 N–H and O–H groups in total. The van der Waals surface area contributed by atoms with Crippen molar-refractivity contribution in [2.45, 2.75) is 38.6 Å². The predicted molar refractivity (Wildman–Crippen MR) is 90.1 cm³/mol. The van der Waals surface area contributed by atoms with Crippen LogP contribution in [0.25, 0.3) is 10.1 Å². The Morgan fingerprint density at radius 1 is 1.43 bits per heavy atom. The number of nitrogen functional groups attached to an aromatic ring is 1. The molecular formula is C16H19ClN2OS. The van der Waals surface area contributed by atoms with Crippen molar-refractivity contribution >= 4 is 44.6 Å². The molecule has 1 heterocycles. The maximum atomic E-state index is 12.5. The molecule has 5 heteroatoms. The number of anilines is 1. The predicted octanol–water partition coefficient (Wildman–Crippen LogP) is 4.45. The highest BCUT2D eigenvalue weighted by molar-refractivity contribution is 7.21. The van der Waals surface area contributed by atoms with Crippen molar-refractivity contribution in [2.24, 2.45) is 5.92 Å². The smallest absolute Gasteiger partial charge is 0.263 e. The number of hydrogen-bond donors (Lipinski definition) is 2. The second-order valence-corrected chi connectivity index (χ2v) is 7.36. The van der Waals surface area contributed by atoms with Crippen LogP contribution in [0.4, 0.5) is 5.69 Å². The Morgan fingerprint density at radius 3 is 2.95 bits per heavy atom. The maximum Gasteiger partial charge on any atom is 0.263 e. The Kier molecular flexibility index (Phi) is 4.09. The molecule has 112 valence electrons. The number of thiophene rings is 1. The molecule has 3 rings (SSSR count). The Labute approximate surface area is 133 Å². The highest BCUT2D eigenvalue weighted by atomic mass is 35.5. The summed E-state index contributed by atoms with van der Waals surface area (Å²) in [7, 11) is 0. The number of rotatable bonds is 2. The molecule has 0 bridgehead atoms. The zero-order chi connectivity index (χ0) is 15.0. The lowest BCUT2D eigenvalue weighted by Gasteiger charge is -2.27. The van der Waals surface area contributed by atoms with E-state index in [4.69, 9.17) is 17.3 Å². The summed E-state index contributed by atoms with van der Waals surface area (Å²) >= 11 is 7.60. The highest BCUT2D eigenvalue weighted by Crippen LogP contribution is 2.38. The number of carbonyl (C=O) groups excluding carboxylic acids is 1. The van der Waals surface area contributed by atoms with Gasteiger partial charge in [0.1, 0.15) is 4.88 Å². The van der Waals surface area contributed by atoms with Crippen LogP contribution >= 0.6 is 22.9 Å². The second kappa shape index (κ2) is 5.85. The zero-order valence-corrected chi connectivity index (χ0v) is 13.6. The van der Waals surface area contributed by atoms with Crippen molar-refractivity contribution in [3.8, 4) is 0 Å². The summed E-state index contributed by atoms with van der Waals surface area (Å²) in [5.41, 5.74) is 6.64. The molecule has 1 saturated carbocycles. The van der Waals surface area contributed by atoms with Crippen molar-refractivity contribution < 1.29 is 4.79 Å². The van der Waals surface area contributed by atoms with Crippen molar-refractivity contribution in [3.05, 3.63) is 28.1 Å². The molecule has 1 aromatic carbocycles. The molecule has 3 nitrogen and oxygen atoms in total. The monoisotopic (exact) mass is 322 g/mol. The van der Waals surface area contributed by atoms with Gasteiger partial charge in [-0.25, -0.2) is 0 Å². The van der Waals surface area contributed by atoms with Crippen molar-refractivity contribution in [1.82, 2.24) is 5.32 Å². The number of carbonyl (C=O) groups is 1. The molecule has 2 aromatic rings. The van der Waals surface area contributed by atoms with E-state index in [2.05, 4.69) is 12.2 Å². The molecule has 2 atom stereocenters. The number of nitrogens with two attached hydrogens (primary N) is 1. The summed E-state index contributed by atoms with van der Waals surface area (Å²) in [5, 5.41) is 4.54. The van der Waals surface area contributed by atoms with Crippen LogP contribution in [0.3, 0.4) is 0 Å². The third-order valence-electron chi connectivity index (χ3n) is 4.18. The van der Waals surface area contributed by atoms with Gasteiger partial charge in [-0.05, 0) is 30.9 Å². The van der Waals surface area contributed by atoms with Gasteiger partial charge in [-0.3, -0.25) is 4.79 Å². The van der Waals surface area contributed by atoms with Crippen LogP contribution in [-0.2, 0) is 0 Å². The highest BCUT2D eigenvalue weighted by Gasteiger charge is 2.23. The molecule has 1 amide bonds. The van der Waals surface area contributed by atoms with Gasteiger partial charge >= 0.3 is 0 Å². The molecule has 0 radical (unpaired) electrons. The van der Waals surface area contributed by atoms with Crippen LogP contribution in [0.5, 0.6) is 0 Å². The van der Waals surface area contributed by atoms with Gasteiger partial charge in [-0.15, -0.1) is 11.3 Å². The van der Waals surface area contributed by atoms with Gasteiger partial charge in [-0.2, -0.15) is 0 Å². The van der Waals surface area contributed by atoms with Crippen molar-refractivity contribution in [2.75, 3.05) is 5.73 Å². The summed E-state index contributed by atoms with van der Waals surface area (Å²) in [6.45, 7) is 2.24. The minimum atomic E-state index is -0.0659. The van der Waals surface area contributed by atoms with E-state index in [-0.39, 0.29) is 11.9 Å². The zero-order valence-electron chi connectivity index (χ0n) is 12.0. The average Bonchev–Trinajstić information content (AvgIpc) is 2.77. The van der Waals surface area contributed by atoms with Crippen LogP contribution in [0, 0.1) is 5.92 Å². The summed E-state index contributed by atoms with van der Waals surface area (Å²) in [6.07, 6.45) is 4.55. The van der Waals surface area contributed by atoms with E-state index < -0.39 is 0 Å². The van der Waals surface area contributed by atoms with E-state index in [1.54, 1.807) is 6.07 Å². The number of halogens is 1. The van der Waals surface area contributed by atoms with E-state index in [0.717, 1.165) is 22.9 Å². The van der Waals surface area contributed by atoms with Gasteiger partial charge in [0, 0.05) is 16.1 Å². The Hall–Kier alpha value is -1.26. The van der Waals surface area contributed by atoms with Gasteiger partial charge in [0.25, 0.3) is 5.91 Å². The molecule has 2 unspecified atom stereocenters. The van der Waals surface area contributed by atoms with Gasteiger partial charge in [-0.1, -0.05) is 37.4 Å². The lowest BCUT2D eigenvalue weighted by atomic mass is 9.87. The molecule has 0 saturated heterocycles. The Balaban J connectivity index is 1.85. The molecule has 1 aliphatic carbocycles. The first-order chi connectivity index (χ1) is 10.1. The fraction of sp³-hybridized carbons (Fsp3) is 0.438. The van der Waals surface area contributed by atoms with E-state index in [9.17, 15) is 4.79 Å². The minimum Gasteiger partial charge on any atom is -0.397 e. The van der Waals surface area contributed by atoms with Crippen molar-refractivity contribution in [1.29, 1.82) is 0 Å². The molecule has 21 heavy (non-hydrogen) atoms. The van der Waals surface area contributed by atoms with Crippen LogP contribution in [0.1, 0.15) is 42.3 Å². The number of hydrogen-bond acceptors (Lipinski definition) is 3. The third kappa shape index (κ3) is 2.87. The van der Waals surface area contributed by atoms with E-state index in [1.165, 1.54) is 24.2 Å². The summed E-state index contributed by atoms with van der Waals surface area (Å²) in [5.74, 6) is 0.613. The van der Waals surface area contributed by atoms with Crippen molar-refractivity contribution in [3.63, 3.8) is 0 Å². The Bertz CT molecular complexity index is 682. The topological polar surface area (TPSA) is 55.1 Å². The normalized spacial score (nSPS) is 22.4. The average molecular weight is 323 g/mol. The van der Waals surface area contributed by atoms with E-state index >= 15 is 0 Å². The summed E-state index contributed by atoms with van der Waals surface area (Å²) in [6, 6.07) is 5.89. The lowest BCUT2D eigenvalue weighted by Crippen LogP contribution is -2.37. The first-order valence-corrected chi connectivity index (χ1v) is 8.53. The molecular weight excluding hydrogens is 304 g/mol. The number of benzene rings is 1. The molecule has 1 aliphatic rings. The molecule has 0 spiro atoms. The first-order valence-electron chi connectivity index (χ1n) is 7.33. The minimum absolute atomic E-state index is 0.0659. The molecule has 0 aliphatic heterocycles. The summed E-state index contributed by atoms with van der Waals surface area (Å²) in [4.78, 5) is 13.1. The van der Waals surface area contributed by atoms with Crippen LogP contribution in [-0.4, -0.2) is 11.9 Å². The van der Waals surface area contributed by atoms with Gasteiger partial charge < -0.3 is 11.1 Å². The SMILES string of the molecule is CC1CCCC(NC(=O)c2sc3cccc(Cl)c3c2N)C1. The third-order valence-corrected chi connectivity index (χ3v) is 5.66. The van der Waals surface area contributed by atoms with Crippen LogP contribution in [0.15, 0.2) is 18.2 Å². The quantitative estimate of drug-likeness (QED) is 0.858. The van der Waals surface area contributed by atoms with Crippen LogP contribution in [0.2, 0.25) is 5.02 Å². The Morgan fingerprint density at radius 2 is 2.24 bits per heavy atom. The van der Waals surface area contributed by atoms with Gasteiger partial charge in [0.05, 0.1) is 10.7 Å². The lowest BCUT2D eigenvalue weighted by molar-refractivity contribution is 0.0926. The fourth-order valence-electron chi connectivity index (χ4n) is 3.11. The first kappa shape index (κ1) is 14.7.